The quantitative estimate of drug-likeness (QED) is 0.559. The van der Waals surface area contributed by atoms with Crippen molar-refractivity contribution in [3.05, 3.63) is 27.3 Å². The molecular formula is C14H17BrINO2. The molecule has 1 aliphatic rings. The van der Waals surface area contributed by atoms with Crippen LogP contribution in [-0.4, -0.2) is 22.9 Å². The number of benzene rings is 1. The highest BCUT2D eigenvalue weighted by Gasteiger charge is 2.26. The van der Waals surface area contributed by atoms with Crippen LogP contribution < -0.4 is 5.32 Å². The summed E-state index contributed by atoms with van der Waals surface area (Å²) in [5.74, 6) is 1.07. The minimum Gasteiger partial charge on any atom is -0.507 e. The van der Waals surface area contributed by atoms with Crippen molar-refractivity contribution in [1.82, 2.24) is 5.32 Å². The average molecular weight is 438 g/mol. The average Bonchev–Trinajstić information content (AvgIpc) is 2.86. The molecule has 1 aliphatic carbocycles. The number of nitrogens with one attached hydrogen (secondary N) is 1. The molecule has 2 rings (SSSR count). The molecule has 0 radical (unpaired) electrons. The Hall–Kier alpha value is -0.300. The summed E-state index contributed by atoms with van der Waals surface area (Å²) in [4.78, 5) is 12.1. The van der Waals surface area contributed by atoms with E-state index in [1.807, 2.05) is 0 Å². The molecule has 2 unspecified atom stereocenters. The van der Waals surface area contributed by atoms with Gasteiger partial charge in [0.2, 0.25) is 0 Å². The van der Waals surface area contributed by atoms with Crippen molar-refractivity contribution in [2.75, 3.05) is 11.9 Å². The number of aromatic hydroxyl groups is 1. The highest BCUT2D eigenvalue weighted by molar-refractivity contribution is 14.1. The Bertz CT molecular complexity index is 467. The standard InChI is InChI=1S/C14H17BrINO2/c15-7-9-2-1-3-10(9)8-17-14(19)12-6-11(16)4-5-13(12)18/h4-6,9-10,18H,1-3,7-8H2,(H,17,19). The number of phenolic OH excluding ortho intramolecular Hbond substituents is 1. The molecule has 0 saturated heterocycles. The summed E-state index contributed by atoms with van der Waals surface area (Å²) in [6.45, 7) is 0.694. The third-order valence-corrected chi connectivity index (χ3v) is 5.25. The fourth-order valence-electron chi connectivity index (χ4n) is 2.59. The molecule has 0 spiro atoms. The fourth-order valence-corrected chi connectivity index (χ4v) is 3.94. The Balaban J connectivity index is 1.96. The number of alkyl halides is 1. The van der Waals surface area contributed by atoms with E-state index in [2.05, 4.69) is 43.8 Å². The van der Waals surface area contributed by atoms with Gasteiger partial charge in [-0.25, -0.2) is 0 Å². The van der Waals surface area contributed by atoms with E-state index in [0.717, 1.165) is 8.90 Å². The molecule has 5 heteroatoms. The molecule has 0 aromatic heterocycles. The van der Waals surface area contributed by atoms with Crippen LogP contribution >= 0.6 is 38.5 Å². The fraction of sp³-hybridized carbons (Fsp3) is 0.500. The van der Waals surface area contributed by atoms with E-state index in [4.69, 9.17) is 0 Å². The first-order valence-corrected chi connectivity index (χ1v) is 8.64. The highest BCUT2D eigenvalue weighted by atomic mass is 127. The predicted octanol–water partition coefficient (Wildman–Crippen LogP) is 3.54. The van der Waals surface area contributed by atoms with Gasteiger partial charge in [-0.3, -0.25) is 4.79 Å². The number of carbonyl (C=O) groups excluding carboxylic acids is 1. The summed E-state index contributed by atoms with van der Waals surface area (Å²) in [5, 5.41) is 13.7. The third kappa shape index (κ3) is 3.84. The zero-order chi connectivity index (χ0) is 13.8. The summed E-state index contributed by atoms with van der Waals surface area (Å²) < 4.78 is 0.944. The van der Waals surface area contributed by atoms with Crippen molar-refractivity contribution < 1.29 is 9.90 Å². The molecule has 0 bridgehead atoms. The van der Waals surface area contributed by atoms with Gasteiger partial charge in [-0.1, -0.05) is 22.4 Å². The summed E-state index contributed by atoms with van der Waals surface area (Å²) in [6, 6.07) is 5.06. The number of halogens is 2. The van der Waals surface area contributed by atoms with Crippen LogP contribution in [0.4, 0.5) is 0 Å². The van der Waals surface area contributed by atoms with Crippen LogP contribution in [0, 0.1) is 15.4 Å². The number of carbonyl (C=O) groups is 1. The summed E-state index contributed by atoms with van der Waals surface area (Å²) >= 11 is 5.67. The molecule has 1 aromatic rings. The van der Waals surface area contributed by atoms with Crippen LogP contribution in [0.25, 0.3) is 0 Å². The Morgan fingerprint density at radius 1 is 1.42 bits per heavy atom. The van der Waals surface area contributed by atoms with Crippen LogP contribution in [0.5, 0.6) is 5.75 Å². The molecule has 1 saturated carbocycles. The predicted molar refractivity (Wildman–Crippen MR) is 87.8 cm³/mol. The van der Waals surface area contributed by atoms with Gasteiger partial charge in [0.1, 0.15) is 5.75 Å². The van der Waals surface area contributed by atoms with E-state index in [1.54, 1.807) is 18.2 Å². The first kappa shape index (κ1) is 15.1. The van der Waals surface area contributed by atoms with Crippen LogP contribution in [0.1, 0.15) is 29.6 Å². The highest BCUT2D eigenvalue weighted by Crippen LogP contribution is 2.32. The van der Waals surface area contributed by atoms with E-state index in [0.29, 0.717) is 23.9 Å². The van der Waals surface area contributed by atoms with E-state index in [9.17, 15) is 9.90 Å². The third-order valence-electron chi connectivity index (χ3n) is 3.74. The lowest BCUT2D eigenvalue weighted by atomic mass is 9.98. The molecule has 1 amide bonds. The van der Waals surface area contributed by atoms with Crippen molar-refractivity contribution in [2.45, 2.75) is 19.3 Å². The normalized spacial score (nSPS) is 22.4. The molecule has 3 nitrogen and oxygen atoms in total. The van der Waals surface area contributed by atoms with Gasteiger partial charge in [-0.15, -0.1) is 0 Å². The second kappa shape index (κ2) is 6.92. The monoisotopic (exact) mass is 437 g/mol. The topological polar surface area (TPSA) is 49.3 Å². The van der Waals surface area contributed by atoms with Crippen molar-refractivity contribution >= 4 is 44.4 Å². The molecule has 0 aliphatic heterocycles. The summed E-state index contributed by atoms with van der Waals surface area (Å²) in [6.07, 6.45) is 3.65. The SMILES string of the molecule is O=C(NCC1CCCC1CBr)c1cc(I)ccc1O. The molecule has 0 heterocycles. The largest absolute Gasteiger partial charge is 0.507 e. The Kier molecular flexibility index (Phi) is 5.50. The lowest BCUT2D eigenvalue weighted by molar-refractivity contribution is 0.0942. The maximum atomic E-state index is 12.1. The van der Waals surface area contributed by atoms with E-state index < -0.39 is 0 Å². The van der Waals surface area contributed by atoms with Gasteiger partial charge in [-0.2, -0.15) is 0 Å². The van der Waals surface area contributed by atoms with Crippen LogP contribution in [0.2, 0.25) is 0 Å². The Morgan fingerprint density at radius 3 is 2.89 bits per heavy atom. The van der Waals surface area contributed by atoms with Gasteiger partial charge in [0, 0.05) is 15.4 Å². The smallest absolute Gasteiger partial charge is 0.255 e. The van der Waals surface area contributed by atoms with E-state index >= 15 is 0 Å². The van der Waals surface area contributed by atoms with Gasteiger partial charge >= 0.3 is 0 Å². The Labute approximate surface area is 135 Å². The molecule has 2 N–H and O–H groups in total. The second-order valence-electron chi connectivity index (χ2n) is 4.98. The second-order valence-corrected chi connectivity index (χ2v) is 6.87. The van der Waals surface area contributed by atoms with Crippen molar-refractivity contribution in [1.29, 1.82) is 0 Å². The van der Waals surface area contributed by atoms with E-state index in [1.165, 1.54) is 19.3 Å². The van der Waals surface area contributed by atoms with Crippen molar-refractivity contribution in [2.24, 2.45) is 11.8 Å². The summed E-state index contributed by atoms with van der Waals surface area (Å²) in [7, 11) is 0. The molecule has 1 aromatic carbocycles. The molecule has 19 heavy (non-hydrogen) atoms. The van der Waals surface area contributed by atoms with Gasteiger partial charge in [0.25, 0.3) is 5.91 Å². The Morgan fingerprint density at radius 2 is 2.16 bits per heavy atom. The first-order chi connectivity index (χ1) is 9.11. The lowest BCUT2D eigenvalue weighted by Crippen LogP contribution is -2.31. The lowest BCUT2D eigenvalue weighted by Gasteiger charge is -2.18. The van der Waals surface area contributed by atoms with Crippen molar-refractivity contribution in [3.8, 4) is 5.75 Å². The van der Waals surface area contributed by atoms with Crippen molar-refractivity contribution in [3.63, 3.8) is 0 Å². The number of hydrogen-bond acceptors (Lipinski definition) is 2. The molecule has 2 atom stereocenters. The minimum absolute atomic E-state index is 0.0429. The van der Waals surface area contributed by atoms with E-state index in [-0.39, 0.29) is 11.7 Å². The molecule has 1 fully saturated rings. The van der Waals surface area contributed by atoms with Gasteiger partial charge in [0.15, 0.2) is 0 Å². The molecular weight excluding hydrogens is 421 g/mol. The van der Waals surface area contributed by atoms with Gasteiger partial charge in [0.05, 0.1) is 5.56 Å². The zero-order valence-electron chi connectivity index (χ0n) is 10.5. The van der Waals surface area contributed by atoms with Gasteiger partial charge in [-0.05, 0) is 65.5 Å². The first-order valence-electron chi connectivity index (χ1n) is 6.44. The maximum absolute atomic E-state index is 12.1. The number of hydrogen-bond donors (Lipinski definition) is 2. The van der Waals surface area contributed by atoms with Crippen LogP contribution in [0.3, 0.4) is 0 Å². The zero-order valence-corrected chi connectivity index (χ0v) is 14.3. The molecule has 104 valence electrons. The number of amides is 1. The number of phenols is 1. The summed E-state index contributed by atoms with van der Waals surface area (Å²) in [5.41, 5.74) is 0.361. The van der Waals surface area contributed by atoms with Gasteiger partial charge < -0.3 is 10.4 Å². The van der Waals surface area contributed by atoms with Crippen LogP contribution in [-0.2, 0) is 0 Å². The minimum atomic E-state index is -0.184. The van der Waals surface area contributed by atoms with Crippen LogP contribution in [0.15, 0.2) is 18.2 Å². The number of rotatable bonds is 4. The maximum Gasteiger partial charge on any atom is 0.255 e.